The van der Waals surface area contributed by atoms with Crippen LogP contribution in [0.2, 0.25) is 0 Å². The van der Waals surface area contributed by atoms with Crippen LogP contribution in [0, 0.1) is 0 Å². The lowest BCUT2D eigenvalue weighted by Crippen LogP contribution is -2.39. The zero-order valence-corrected chi connectivity index (χ0v) is 13.9. The molecular formula is C18H23N3S. The highest BCUT2D eigenvalue weighted by atomic mass is 32.1. The Morgan fingerprint density at radius 2 is 2.18 bits per heavy atom. The summed E-state index contributed by atoms with van der Waals surface area (Å²) in [6.07, 6.45) is 1.20. The number of rotatable bonds is 4. The number of hydrogen-bond acceptors (Lipinski definition) is 2. The highest BCUT2D eigenvalue weighted by Gasteiger charge is 2.25. The van der Waals surface area contributed by atoms with Crippen molar-refractivity contribution in [1.82, 2.24) is 10.2 Å². The molecule has 1 aliphatic rings. The minimum atomic E-state index is 0.617. The molecule has 1 N–H and O–H groups in total. The van der Waals surface area contributed by atoms with Crippen LogP contribution >= 0.6 is 11.3 Å². The number of nitrogens with one attached hydrogen (secondary N) is 1. The maximum atomic E-state index is 4.80. The number of likely N-dealkylation sites (tertiary alicyclic amines) is 1. The lowest BCUT2D eigenvalue weighted by Gasteiger charge is -2.21. The number of hydrogen-bond donors (Lipinski definition) is 1. The molecule has 22 heavy (non-hydrogen) atoms. The van der Waals surface area contributed by atoms with Gasteiger partial charge in [-0.3, -0.25) is 0 Å². The van der Waals surface area contributed by atoms with Crippen LogP contribution in [0.15, 0.2) is 52.2 Å². The van der Waals surface area contributed by atoms with Gasteiger partial charge in [0.25, 0.3) is 0 Å². The average molecular weight is 313 g/mol. The van der Waals surface area contributed by atoms with Crippen LogP contribution in [0.1, 0.15) is 30.4 Å². The first-order valence-electron chi connectivity index (χ1n) is 7.96. The molecule has 1 aromatic heterocycles. The van der Waals surface area contributed by atoms with E-state index in [0.29, 0.717) is 5.92 Å². The van der Waals surface area contributed by atoms with Crippen LogP contribution in [0.25, 0.3) is 0 Å². The van der Waals surface area contributed by atoms with Gasteiger partial charge in [0.15, 0.2) is 5.96 Å². The van der Waals surface area contributed by atoms with Crippen molar-refractivity contribution in [2.45, 2.75) is 25.8 Å². The summed E-state index contributed by atoms with van der Waals surface area (Å²) in [6.45, 7) is 5.94. The quantitative estimate of drug-likeness (QED) is 0.688. The van der Waals surface area contributed by atoms with Crippen LogP contribution < -0.4 is 5.32 Å². The Labute approximate surface area is 136 Å². The predicted molar refractivity (Wildman–Crippen MR) is 94.5 cm³/mol. The summed E-state index contributed by atoms with van der Waals surface area (Å²) in [5.74, 6) is 1.67. The largest absolute Gasteiger partial charge is 0.357 e. The number of aliphatic imine (C=N–C) groups is 1. The minimum Gasteiger partial charge on any atom is -0.357 e. The summed E-state index contributed by atoms with van der Waals surface area (Å²) in [5.41, 5.74) is 2.73. The monoisotopic (exact) mass is 313 g/mol. The summed E-state index contributed by atoms with van der Waals surface area (Å²) < 4.78 is 0. The van der Waals surface area contributed by atoms with Gasteiger partial charge in [0.1, 0.15) is 0 Å². The van der Waals surface area contributed by atoms with Crippen molar-refractivity contribution in [2.75, 3.05) is 19.6 Å². The van der Waals surface area contributed by atoms with Gasteiger partial charge < -0.3 is 10.2 Å². The van der Waals surface area contributed by atoms with Crippen molar-refractivity contribution >= 4 is 17.3 Å². The number of guanidine groups is 1. The van der Waals surface area contributed by atoms with Gasteiger partial charge in [-0.15, -0.1) is 0 Å². The van der Waals surface area contributed by atoms with Crippen LogP contribution in [-0.4, -0.2) is 30.5 Å². The molecule has 1 fully saturated rings. The molecule has 3 nitrogen and oxygen atoms in total. The molecule has 3 rings (SSSR count). The molecule has 1 aromatic carbocycles. The molecule has 0 radical (unpaired) electrons. The summed E-state index contributed by atoms with van der Waals surface area (Å²) in [4.78, 5) is 7.20. The molecule has 4 heteroatoms. The second-order valence-electron chi connectivity index (χ2n) is 5.64. The number of nitrogens with zero attached hydrogens (tertiary/aromatic N) is 2. The van der Waals surface area contributed by atoms with Gasteiger partial charge in [-0.2, -0.15) is 11.3 Å². The van der Waals surface area contributed by atoms with Crippen molar-refractivity contribution in [2.24, 2.45) is 4.99 Å². The first kappa shape index (κ1) is 15.1. The minimum absolute atomic E-state index is 0.617. The summed E-state index contributed by atoms with van der Waals surface area (Å²) in [6, 6.07) is 13.0. The molecule has 1 saturated heterocycles. The van der Waals surface area contributed by atoms with E-state index in [9.17, 15) is 0 Å². The van der Waals surface area contributed by atoms with Gasteiger partial charge in [0.2, 0.25) is 0 Å². The molecule has 0 amide bonds. The van der Waals surface area contributed by atoms with Gasteiger partial charge in [-0.05, 0) is 41.3 Å². The summed E-state index contributed by atoms with van der Waals surface area (Å²) >= 11 is 1.73. The lowest BCUT2D eigenvalue weighted by molar-refractivity contribution is 0.486. The van der Waals surface area contributed by atoms with E-state index in [1.807, 2.05) is 0 Å². The molecule has 116 valence electrons. The van der Waals surface area contributed by atoms with Gasteiger partial charge in [0.05, 0.1) is 6.54 Å². The molecule has 0 saturated carbocycles. The number of thiophene rings is 1. The predicted octanol–water partition coefficient (Wildman–Crippen LogP) is 3.70. The maximum absolute atomic E-state index is 4.80. The molecule has 1 aliphatic heterocycles. The Hall–Kier alpha value is -1.81. The van der Waals surface area contributed by atoms with Gasteiger partial charge in [-0.1, -0.05) is 30.3 Å². The fourth-order valence-electron chi connectivity index (χ4n) is 2.92. The SMILES string of the molecule is CCNC(=NCc1ccsc1)N1CCC(c2ccccc2)C1. The van der Waals surface area contributed by atoms with Crippen LogP contribution in [0.5, 0.6) is 0 Å². The van der Waals surface area contributed by atoms with Crippen LogP contribution in [-0.2, 0) is 6.54 Å². The Kier molecular flexibility index (Phi) is 5.11. The maximum Gasteiger partial charge on any atom is 0.194 e. The normalized spacial score (nSPS) is 18.7. The van der Waals surface area contributed by atoms with Gasteiger partial charge in [-0.25, -0.2) is 4.99 Å². The molecule has 1 unspecified atom stereocenters. The van der Waals surface area contributed by atoms with Crippen molar-refractivity contribution in [3.8, 4) is 0 Å². The first-order valence-corrected chi connectivity index (χ1v) is 8.90. The average Bonchev–Trinajstić information content (AvgIpc) is 3.24. The third-order valence-electron chi connectivity index (χ3n) is 4.09. The zero-order chi connectivity index (χ0) is 15.2. The Balaban J connectivity index is 1.66. The van der Waals surface area contributed by atoms with E-state index < -0.39 is 0 Å². The fourth-order valence-corrected chi connectivity index (χ4v) is 3.58. The van der Waals surface area contributed by atoms with E-state index in [1.165, 1.54) is 17.5 Å². The third-order valence-corrected chi connectivity index (χ3v) is 4.82. The topological polar surface area (TPSA) is 27.6 Å². The van der Waals surface area contributed by atoms with E-state index >= 15 is 0 Å². The standard InChI is InChI=1S/C18H23N3S/c1-2-19-18(20-12-15-9-11-22-14-15)21-10-8-17(13-21)16-6-4-3-5-7-16/h3-7,9,11,14,17H,2,8,10,12-13H2,1H3,(H,19,20). The van der Waals surface area contributed by atoms with Gasteiger partial charge in [0, 0.05) is 25.6 Å². The number of benzene rings is 1. The second kappa shape index (κ2) is 7.45. The van der Waals surface area contributed by atoms with E-state index in [1.54, 1.807) is 11.3 Å². The molecule has 2 heterocycles. The van der Waals surface area contributed by atoms with Crippen LogP contribution in [0.4, 0.5) is 0 Å². The van der Waals surface area contributed by atoms with E-state index in [4.69, 9.17) is 4.99 Å². The summed E-state index contributed by atoms with van der Waals surface area (Å²) in [7, 11) is 0. The molecule has 2 aromatic rings. The highest BCUT2D eigenvalue weighted by Crippen LogP contribution is 2.26. The lowest BCUT2D eigenvalue weighted by atomic mass is 9.99. The van der Waals surface area contributed by atoms with Crippen molar-refractivity contribution in [3.63, 3.8) is 0 Å². The van der Waals surface area contributed by atoms with Gasteiger partial charge >= 0.3 is 0 Å². The third kappa shape index (κ3) is 3.69. The highest BCUT2D eigenvalue weighted by molar-refractivity contribution is 7.07. The molecule has 0 aliphatic carbocycles. The Bertz CT molecular complexity index is 592. The molecule has 0 spiro atoms. The Morgan fingerprint density at radius 1 is 1.32 bits per heavy atom. The fraction of sp³-hybridized carbons (Fsp3) is 0.389. The van der Waals surface area contributed by atoms with E-state index in [0.717, 1.165) is 32.1 Å². The molecule has 1 atom stereocenters. The van der Waals surface area contributed by atoms with Crippen molar-refractivity contribution < 1.29 is 0 Å². The Morgan fingerprint density at radius 3 is 2.91 bits per heavy atom. The van der Waals surface area contributed by atoms with Crippen molar-refractivity contribution in [1.29, 1.82) is 0 Å². The molecule has 0 bridgehead atoms. The zero-order valence-electron chi connectivity index (χ0n) is 13.0. The first-order chi connectivity index (χ1) is 10.9. The smallest absolute Gasteiger partial charge is 0.194 e. The van der Waals surface area contributed by atoms with Crippen LogP contribution in [0.3, 0.4) is 0 Å². The van der Waals surface area contributed by atoms with Crippen molar-refractivity contribution in [3.05, 3.63) is 58.3 Å². The van der Waals surface area contributed by atoms with E-state index in [2.05, 4.69) is 64.3 Å². The van der Waals surface area contributed by atoms with E-state index in [-0.39, 0.29) is 0 Å². The molecular weight excluding hydrogens is 290 g/mol. The second-order valence-corrected chi connectivity index (χ2v) is 6.42. The summed E-state index contributed by atoms with van der Waals surface area (Å²) in [5, 5.41) is 7.72.